The number of nitro groups is 1. The second kappa shape index (κ2) is 6.70. The predicted molar refractivity (Wildman–Crippen MR) is 103 cm³/mol. The Morgan fingerprint density at radius 3 is 2.46 bits per heavy atom. The Kier molecular flexibility index (Phi) is 4.19. The molecular formula is C21H16N3O4-. The lowest BCUT2D eigenvalue weighted by atomic mass is 10.0. The first-order chi connectivity index (χ1) is 13.5. The van der Waals surface area contributed by atoms with Gasteiger partial charge in [-0.1, -0.05) is 42.0 Å². The van der Waals surface area contributed by atoms with Gasteiger partial charge in [0.05, 0.1) is 10.5 Å². The molecule has 0 saturated carbocycles. The van der Waals surface area contributed by atoms with Crippen LogP contribution in [0.4, 0.5) is 17.1 Å². The van der Waals surface area contributed by atoms with Crippen molar-refractivity contribution in [2.24, 2.45) is 0 Å². The largest absolute Gasteiger partial charge is 0.868 e. The van der Waals surface area contributed by atoms with Crippen LogP contribution in [0.2, 0.25) is 0 Å². The molecule has 140 valence electrons. The molecule has 0 fully saturated rings. The third-order valence-corrected chi connectivity index (χ3v) is 4.73. The number of para-hydroxylation sites is 1. The Labute approximate surface area is 161 Å². The number of aryl methyl sites for hydroxylation is 1. The minimum absolute atomic E-state index is 0.225. The second-order valence-electron chi connectivity index (χ2n) is 6.59. The number of rotatable bonds is 3. The summed E-state index contributed by atoms with van der Waals surface area (Å²) in [6.45, 7) is 1.95. The normalized spacial score (nSPS) is 15.7. The van der Waals surface area contributed by atoms with Crippen molar-refractivity contribution in [1.82, 2.24) is 0 Å². The van der Waals surface area contributed by atoms with E-state index in [1.54, 1.807) is 29.2 Å². The van der Waals surface area contributed by atoms with Gasteiger partial charge in [0.2, 0.25) is 0 Å². The Balaban J connectivity index is 1.87. The summed E-state index contributed by atoms with van der Waals surface area (Å²) in [5.74, 6) is -0.893. The highest BCUT2D eigenvalue weighted by atomic mass is 16.6. The molecule has 1 N–H and O–H groups in total. The molecule has 0 unspecified atom stereocenters. The Morgan fingerprint density at radius 1 is 1.04 bits per heavy atom. The lowest BCUT2D eigenvalue weighted by Crippen LogP contribution is -2.43. The Morgan fingerprint density at radius 2 is 1.75 bits per heavy atom. The van der Waals surface area contributed by atoms with Crippen molar-refractivity contribution < 1.29 is 14.8 Å². The van der Waals surface area contributed by atoms with Gasteiger partial charge >= 0.3 is 0 Å². The van der Waals surface area contributed by atoms with Gasteiger partial charge < -0.3 is 10.4 Å². The number of anilines is 2. The Bertz CT molecular complexity index is 1080. The molecule has 28 heavy (non-hydrogen) atoms. The lowest BCUT2D eigenvalue weighted by Gasteiger charge is -2.38. The van der Waals surface area contributed by atoms with E-state index >= 15 is 0 Å². The SMILES string of the molecule is Cc1ccc(N2C(=O)c3ccccc3N[C@@H]2c2ccc([O-])c([N+](=O)[O-])c2)cc1. The van der Waals surface area contributed by atoms with Crippen LogP contribution in [0.3, 0.4) is 0 Å². The predicted octanol–water partition coefficient (Wildman–Crippen LogP) is 3.75. The zero-order valence-corrected chi connectivity index (χ0v) is 15.0. The molecule has 7 nitrogen and oxygen atoms in total. The van der Waals surface area contributed by atoms with E-state index in [-0.39, 0.29) is 5.91 Å². The molecule has 1 aliphatic heterocycles. The van der Waals surface area contributed by atoms with Crippen molar-refractivity contribution in [2.45, 2.75) is 13.1 Å². The summed E-state index contributed by atoms with van der Waals surface area (Å²) >= 11 is 0. The zero-order chi connectivity index (χ0) is 19.8. The van der Waals surface area contributed by atoms with Crippen LogP contribution in [0, 0.1) is 17.0 Å². The number of hydrogen-bond acceptors (Lipinski definition) is 5. The quantitative estimate of drug-likeness (QED) is 0.556. The van der Waals surface area contributed by atoms with E-state index < -0.39 is 22.5 Å². The topological polar surface area (TPSA) is 98.5 Å². The number of hydrogen-bond donors (Lipinski definition) is 1. The molecule has 1 aliphatic rings. The molecule has 0 saturated heterocycles. The molecule has 1 atom stereocenters. The van der Waals surface area contributed by atoms with Crippen LogP contribution in [0.15, 0.2) is 66.7 Å². The minimum Gasteiger partial charge on any atom is -0.868 e. The average molecular weight is 374 g/mol. The highest BCUT2D eigenvalue weighted by Crippen LogP contribution is 2.38. The summed E-state index contributed by atoms with van der Waals surface area (Å²) in [5.41, 5.74) is 2.77. The fourth-order valence-electron chi connectivity index (χ4n) is 3.31. The molecule has 1 amide bonds. The van der Waals surface area contributed by atoms with Crippen LogP contribution < -0.4 is 15.3 Å². The van der Waals surface area contributed by atoms with Crippen LogP contribution in [-0.2, 0) is 0 Å². The lowest BCUT2D eigenvalue weighted by molar-refractivity contribution is -0.398. The van der Waals surface area contributed by atoms with Gasteiger partial charge in [0, 0.05) is 23.0 Å². The van der Waals surface area contributed by atoms with Crippen molar-refractivity contribution in [3.05, 3.63) is 93.5 Å². The van der Waals surface area contributed by atoms with Crippen molar-refractivity contribution in [3.8, 4) is 5.75 Å². The van der Waals surface area contributed by atoms with Crippen molar-refractivity contribution in [2.75, 3.05) is 10.2 Å². The molecule has 0 aromatic heterocycles. The molecule has 4 rings (SSSR count). The van der Waals surface area contributed by atoms with Crippen LogP contribution in [0.1, 0.15) is 27.7 Å². The van der Waals surface area contributed by atoms with Gasteiger partial charge in [0.1, 0.15) is 6.17 Å². The summed E-state index contributed by atoms with van der Waals surface area (Å²) in [6, 6.07) is 18.4. The van der Waals surface area contributed by atoms with Crippen LogP contribution in [0.25, 0.3) is 0 Å². The number of nitrogens with one attached hydrogen (secondary N) is 1. The van der Waals surface area contributed by atoms with Gasteiger partial charge in [-0.2, -0.15) is 0 Å². The number of nitro benzene ring substituents is 1. The van der Waals surface area contributed by atoms with E-state index in [0.29, 0.717) is 22.5 Å². The van der Waals surface area contributed by atoms with Gasteiger partial charge in [-0.05, 0) is 36.9 Å². The van der Waals surface area contributed by atoms with Gasteiger partial charge in [-0.3, -0.25) is 19.8 Å². The maximum Gasteiger partial charge on any atom is 0.262 e. The number of benzene rings is 3. The number of carbonyl (C=O) groups excluding carboxylic acids is 1. The molecule has 0 bridgehead atoms. The minimum atomic E-state index is -0.708. The second-order valence-corrected chi connectivity index (χ2v) is 6.59. The first-order valence-corrected chi connectivity index (χ1v) is 8.67. The molecule has 0 radical (unpaired) electrons. The summed E-state index contributed by atoms with van der Waals surface area (Å²) < 4.78 is 0. The first-order valence-electron chi connectivity index (χ1n) is 8.67. The van der Waals surface area contributed by atoms with Crippen molar-refractivity contribution >= 4 is 23.0 Å². The van der Waals surface area contributed by atoms with E-state index in [2.05, 4.69) is 5.32 Å². The molecule has 0 spiro atoms. The maximum atomic E-state index is 13.3. The fraction of sp³-hybridized carbons (Fsp3) is 0.0952. The molecule has 7 heteroatoms. The summed E-state index contributed by atoms with van der Waals surface area (Å²) in [4.78, 5) is 25.3. The van der Waals surface area contributed by atoms with E-state index in [4.69, 9.17) is 0 Å². The number of amides is 1. The number of nitrogens with zero attached hydrogens (tertiary/aromatic N) is 2. The van der Waals surface area contributed by atoms with Gasteiger partial charge in [-0.25, -0.2) is 0 Å². The fourth-order valence-corrected chi connectivity index (χ4v) is 3.31. The van der Waals surface area contributed by atoms with Crippen LogP contribution in [0.5, 0.6) is 5.75 Å². The highest BCUT2D eigenvalue weighted by Gasteiger charge is 2.34. The number of carbonyl (C=O) groups is 1. The third kappa shape index (κ3) is 2.92. The number of fused-ring (bicyclic) bond motifs is 1. The van der Waals surface area contributed by atoms with Crippen molar-refractivity contribution in [3.63, 3.8) is 0 Å². The van der Waals surface area contributed by atoms with Crippen LogP contribution >= 0.6 is 0 Å². The summed E-state index contributed by atoms with van der Waals surface area (Å²) in [5, 5.41) is 26.3. The monoisotopic (exact) mass is 374 g/mol. The van der Waals surface area contributed by atoms with Crippen LogP contribution in [-0.4, -0.2) is 10.8 Å². The average Bonchev–Trinajstić information content (AvgIpc) is 2.69. The smallest absolute Gasteiger partial charge is 0.262 e. The van der Waals surface area contributed by atoms with E-state index in [1.807, 2.05) is 31.2 Å². The molecular weight excluding hydrogens is 358 g/mol. The molecule has 3 aromatic rings. The van der Waals surface area contributed by atoms with Gasteiger partial charge in [-0.15, -0.1) is 0 Å². The summed E-state index contributed by atoms with van der Waals surface area (Å²) in [6.07, 6.45) is -0.690. The van der Waals surface area contributed by atoms with E-state index in [0.717, 1.165) is 11.6 Å². The maximum absolute atomic E-state index is 13.3. The standard InChI is InChI=1S/C21H17N3O4/c1-13-6-9-15(10-7-13)23-20(14-8-11-19(25)18(12-14)24(27)28)22-17-5-3-2-4-16(17)21(23)26/h2-12,20,22,25H,1H3/p-1/t20-/m0/s1. The van der Waals surface area contributed by atoms with Gasteiger partial charge in [0.25, 0.3) is 11.6 Å². The van der Waals surface area contributed by atoms with Crippen molar-refractivity contribution in [1.29, 1.82) is 0 Å². The molecule has 3 aromatic carbocycles. The van der Waals surface area contributed by atoms with Gasteiger partial charge in [0.15, 0.2) is 0 Å². The molecule has 0 aliphatic carbocycles. The Hall–Kier alpha value is -3.87. The molecule has 1 heterocycles. The van der Waals surface area contributed by atoms with E-state index in [9.17, 15) is 20.0 Å². The zero-order valence-electron chi connectivity index (χ0n) is 15.0. The third-order valence-electron chi connectivity index (χ3n) is 4.73. The highest BCUT2D eigenvalue weighted by molar-refractivity contribution is 6.12. The van der Waals surface area contributed by atoms with E-state index in [1.165, 1.54) is 12.1 Å². The first kappa shape index (κ1) is 17.5. The summed E-state index contributed by atoms with van der Waals surface area (Å²) in [7, 11) is 0.